The van der Waals surface area contributed by atoms with Crippen LogP contribution < -0.4 is 0 Å². The molecule has 4 aliphatic carbocycles. The summed E-state index contributed by atoms with van der Waals surface area (Å²) in [4.78, 5) is 11.5. The minimum absolute atomic E-state index is 0.119. The molecule has 33 heavy (non-hydrogen) atoms. The van der Waals surface area contributed by atoms with E-state index in [9.17, 15) is 4.79 Å². The summed E-state index contributed by atoms with van der Waals surface area (Å²) < 4.78 is 19.0. The fourth-order valence-corrected chi connectivity index (χ4v) is 9.92. The van der Waals surface area contributed by atoms with Crippen LogP contribution in [0.2, 0.25) is 0 Å². The Balaban J connectivity index is 1.25. The van der Waals surface area contributed by atoms with Crippen molar-refractivity contribution >= 4 is 5.97 Å². The van der Waals surface area contributed by atoms with Crippen molar-refractivity contribution in [3.63, 3.8) is 0 Å². The molecule has 2 aliphatic heterocycles. The lowest BCUT2D eigenvalue weighted by molar-refractivity contribution is -0.272. The average Bonchev–Trinajstić information content (AvgIpc) is 3.21. The van der Waals surface area contributed by atoms with Gasteiger partial charge < -0.3 is 14.2 Å². The summed E-state index contributed by atoms with van der Waals surface area (Å²) in [5, 5.41) is 0. The van der Waals surface area contributed by atoms with Gasteiger partial charge in [0.05, 0.1) is 12.7 Å². The SMILES string of the molecule is CC(=O)O[C@@H]1CC[C@@]2(C)[C@@H](CC[C@H]3[C@@H]4C[C@H]5O[C@]6(CC[C@H](C)CO6)[C@@H](C)[C@@H]5[C@@]4(C)C=C[C@@H]32)C1. The van der Waals surface area contributed by atoms with Crippen LogP contribution in [0.5, 0.6) is 0 Å². The van der Waals surface area contributed by atoms with Crippen molar-refractivity contribution in [1.82, 2.24) is 0 Å². The number of hydrogen-bond acceptors (Lipinski definition) is 4. The molecule has 0 unspecified atom stereocenters. The second kappa shape index (κ2) is 7.56. The highest BCUT2D eigenvalue weighted by molar-refractivity contribution is 5.66. The molecule has 0 aromatic carbocycles. The number of fused-ring (bicyclic) bond motifs is 7. The Labute approximate surface area is 200 Å². The van der Waals surface area contributed by atoms with E-state index in [1.54, 1.807) is 6.92 Å². The van der Waals surface area contributed by atoms with Gasteiger partial charge in [-0.15, -0.1) is 0 Å². The highest BCUT2D eigenvalue weighted by Crippen LogP contribution is 2.69. The normalized spacial score (nSPS) is 57.2. The maximum Gasteiger partial charge on any atom is 0.302 e. The van der Waals surface area contributed by atoms with Crippen molar-refractivity contribution < 1.29 is 19.0 Å². The van der Waals surface area contributed by atoms with Gasteiger partial charge in [0.25, 0.3) is 0 Å². The number of ether oxygens (including phenoxy) is 3. The van der Waals surface area contributed by atoms with E-state index in [2.05, 4.69) is 39.8 Å². The van der Waals surface area contributed by atoms with Crippen LogP contribution in [-0.2, 0) is 19.0 Å². The Hall–Kier alpha value is -0.870. The first-order chi connectivity index (χ1) is 15.7. The minimum atomic E-state index is -0.334. The third kappa shape index (κ3) is 3.18. The van der Waals surface area contributed by atoms with E-state index in [0.29, 0.717) is 47.0 Å². The second-order valence-electron chi connectivity index (χ2n) is 13.3. The van der Waals surface area contributed by atoms with Crippen LogP contribution in [0, 0.1) is 52.3 Å². The smallest absolute Gasteiger partial charge is 0.302 e. The van der Waals surface area contributed by atoms with E-state index < -0.39 is 0 Å². The number of allylic oxidation sites excluding steroid dienone is 2. The molecule has 2 saturated heterocycles. The van der Waals surface area contributed by atoms with E-state index in [-0.39, 0.29) is 23.3 Å². The van der Waals surface area contributed by atoms with Crippen LogP contribution in [0.15, 0.2) is 12.2 Å². The van der Waals surface area contributed by atoms with Gasteiger partial charge in [-0.25, -0.2) is 0 Å². The lowest BCUT2D eigenvalue weighted by atomic mass is 9.46. The van der Waals surface area contributed by atoms with Crippen molar-refractivity contribution in [1.29, 1.82) is 0 Å². The molecule has 4 nitrogen and oxygen atoms in total. The van der Waals surface area contributed by atoms with Gasteiger partial charge >= 0.3 is 5.97 Å². The highest BCUT2D eigenvalue weighted by atomic mass is 16.7. The third-order valence-electron chi connectivity index (χ3n) is 11.7. The van der Waals surface area contributed by atoms with Crippen molar-refractivity contribution in [2.45, 2.75) is 104 Å². The van der Waals surface area contributed by atoms with Gasteiger partial charge in [0.2, 0.25) is 0 Å². The van der Waals surface area contributed by atoms with Crippen LogP contribution in [0.4, 0.5) is 0 Å². The molecule has 3 saturated carbocycles. The zero-order valence-corrected chi connectivity index (χ0v) is 21.3. The van der Waals surface area contributed by atoms with E-state index in [4.69, 9.17) is 14.2 Å². The van der Waals surface area contributed by atoms with Crippen LogP contribution in [-0.4, -0.2) is 30.6 Å². The first kappa shape index (κ1) is 22.6. The molecule has 4 heteroatoms. The summed E-state index contributed by atoms with van der Waals surface area (Å²) in [6.45, 7) is 12.2. The average molecular weight is 457 g/mol. The Morgan fingerprint density at radius 2 is 1.88 bits per heavy atom. The zero-order chi connectivity index (χ0) is 23.2. The van der Waals surface area contributed by atoms with Gasteiger partial charge in [-0.1, -0.05) is 39.8 Å². The molecular weight excluding hydrogens is 412 g/mol. The van der Waals surface area contributed by atoms with Crippen molar-refractivity contribution in [3.8, 4) is 0 Å². The standard InChI is InChI=1S/C29H44O4/c1-17-8-13-29(31-16-17)18(2)26-25(33-29)15-24-22-7-6-20-14-21(32-19(3)30)9-11-27(20,4)23(22)10-12-28(24,26)5/h10,12,17-18,20-26H,6-9,11,13-16H2,1-5H3/t17-,18-,20-,21+,22+,23-,24-,25+,26-,27-,28-,29+/m0/s1. The first-order valence-electron chi connectivity index (χ1n) is 13.8. The highest BCUT2D eigenvalue weighted by Gasteiger charge is 2.68. The van der Waals surface area contributed by atoms with E-state index in [1.165, 1.54) is 32.1 Å². The summed E-state index contributed by atoms with van der Waals surface area (Å²) >= 11 is 0. The van der Waals surface area contributed by atoms with Crippen LogP contribution >= 0.6 is 0 Å². The summed E-state index contributed by atoms with van der Waals surface area (Å²) in [5.74, 6) is 4.02. The Morgan fingerprint density at radius 3 is 2.61 bits per heavy atom. The summed E-state index contributed by atoms with van der Waals surface area (Å²) in [6, 6.07) is 0. The quantitative estimate of drug-likeness (QED) is 0.351. The number of rotatable bonds is 1. The van der Waals surface area contributed by atoms with Crippen LogP contribution in [0.3, 0.4) is 0 Å². The molecule has 0 aromatic rings. The van der Waals surface area contributed by atoms with Gasteiger partial charge in [-0.05, 0) is 85.4 Å². The number of hydrogen-bond donors (Lipinski definition) is 0. The fraction of sp³-hybridized carbons (Fsp3) is 0.897. The monoisotopic (exact) mass is 456 g/mol. The number of esters is 1. The predicted molar refractivity (Wildman–Crippen MR) is 127 cm³/mol. The molecule has 0 amide bonds. The molecule has 0 radical (unpaired) electrons. The van der Waals surface area contributed by atoms with Gasteiger partial charge in [0, 0.05) is 25.2 Å². The van der Waals surface area contributed by atoms with Crippen LogP contribution in [0.1, 0.15) is 86.0 Å². The summed E-state index contributed by atoms with van der Waals surface area (Å²) in [6.07, 6.45) is 15.1. The topological polar surface area (TPSA) is 44.8 Å². The molecule has 0 N–H and O–H groups in total. The Bertz CT molecular complexity index is 827. The molecule has 2 heterocycles. The van der Waals surface area contributed by atoms with Crippen molar-refractivity contribution in [2.75, 3.05) is 6.61 Å². The molecule has 6 aliphatic rings. The fourth-order valence-electron chi connectivity index (χ4n) is 9.92. The second-order valence-corrected chi connectivity index (χ2v) is 13.3. The lowest BCUT2D eigenvalue weighted by Gasteiger charge is -2.59. The van der Waals surface area contributed by atoms with Crippen molar-refractivity contribution in [3.05, 3.63) is 12.2 Å². The van der Waals surface area contributed by atoms with Gasteiger partial charge in [-0.3, -0.25) is 4.79 Å². The maximum atomic E-state index is 11.5. The van der Waals surface area contributed by atoms with E-state index in [1.807, 2.05) is 0 Å². The molecule has 0 aromatic heterocycles. The molecule has 184 valence electrons. The molecule has 5 fully saturated rings. The Morgan fingerprint density at radius 1 is 1.06 bits per heavy atom. The van der Waals surface area contributed by atoms with Gasteiger partial charge in [0.15, 0.2) is 5.79 Å². The van der Waals surface area contributed by atoms with E-state index in [0.717, 1.165) is 31.8 Å². The molecule has 6 rings (SSSR count). The maximum absolute atomic E-state index is 11.5. The zero-order valence-electron chi connectivity index (χ0n) is 21.3. The van der Waals surface area contributed by atoms with Gasteiger partial charge in [0.1, 0.15) is 6.10 Å². The Kier molecular flexibility index (Phi) is 5.18. The summed E-state index contributed by atoms with van der Waals surface area (Å²) in [5.41, 5.74) is 0.560. The molecule has 1 spiro atoms. The largest absolute Gasteiger partial charge is 0.463 e. The van der Waals surface area contributed by atoms with Crippen molar-refractivity contribution in [2.24, 2.45) is 52.3 Å². The van der Waals surface area contributed by atoms with E-state index >= 15 is 0 Å². The first-order valence-corrected chi connectivity index (χ1v) is 13.8. The lowest BCUT2D eigenvalue weighted by Crippen LogP contribution is -2.53. The van der Waals surface area contributed by atoms with Crippen LogP contribution in [0.25, 0.3) is 0 Å². The number of carbonyl (C=O) groups is 1. The predicted octanol–water partition coefficient (Wildman–Crippen LogP) is 6.14. The summed E-state index contributed by atoms with van der Waals surface area (Å²) in [7, 11) is 0. The third-order valence-corrected chi connectivity index (χ3v) is 11.7. The number of carbonyl (C=O) groups excluding carboxylic acids is 1. The van der Waals surface area contributed by atoms with Gasteiger partial charge in [-0.2, -0.15) is 0 Å². The molecule has 0 bridgehead atoms. The molecule has 12 atom stereocenters. The minimum Gasteiger partial charge on any atom is -0.463 e. The molecular formula is C29H44O4.